The van der Waals surface area contributed by atoms with Crippen molar-refractivity contribution in [2.75, 3.05) is 57.4 Å². The molecule has 3 rings (SSSR count). The van der Waals surface area contributed by atoms with Crippen LogP contribution in [0, 0.1) is 0 Å². The number of ether oxygens (including phenoxy) is 1. The molecule has 0 radical (unpaired) electrons. The Morgan fingerprint density at radius 1 is 1.00 bits per heavy atom. The van der Waals surface area contributed by atoms with Gasteiger partial charge in [0.1, 0.15) is 0 Å². The molecule has 0 atom stereocenters. The molecule has 1 amide bonds. The van der Waals surface area contributed by atoms with Gasteiger partial charge in [-0.15, -0.1) is 0 Å². The van der Waals surface area contributed by atoms with E-state index in [-0.39, 0.29) is 0 Å². The number of benzene rings is 1. The van der Waals surface area contributed by atoms with Gasteiger partial charge in [0.05, 0.1) is 13.2 Å². The maximum Gasteiger partial charge on any atom is 0.407 e. The predicted molar refractivity (Wildman–Crippen MR) is 84.3 cm³/mol. The fraction of sp³-hybridized carbons (Fsp3) is 0.562. The van der Waals surface area contributed by atoms with Gasteiger partial charge in [-0.3, -0.25) is 4.90 Å². The molecule has 0 spiro atoms. The lowest BCUT2D eigenvalue weighted by molar-refractivity contribution is 0.103. The molecule has 2 fully saturated rings. The van der Waals surface area contributed by atoms with Crippen LogP contribution in [-0.2, 0) is 11.3 Å². The Bertz CT molecular complexity index is 492. The number of carboxylic acid groups (broad SMARTS) is 1. The zero-order chi connectivity index (χ0) is 15.4. The van der Waals surface area contributed by atoms with E-state index in [9.17, 15) is 4.79 Å². The van der Waals surface area contributed by atoms with Crippen molar-refractivity contribution >= 4 is 11.8 Å². The number of hydrogen-bond acceptors (Lipinski definition) is 4. The van der Waals surface area contributed by atoms with Gasteiger partial charge in [-0.05, 0) is 17.7 Å². The van der Waals surface area contributed by atoms with Crippen LogP contribution in [0.2, 0.25) is 0 Å². The standard InChI is InChI=1S/C16H23N3O3/c20-16(21)19-7-5-17(6-8-19)13-14-1-3-15(4-2-14)18-9-11-22-12-10-18/h1-4H,5-13H2,(H,20,21). The topological polar surface area (TPSA) is 56.2 Å². The second-order valence-corrected chi connectivity index (χ2v) is 5.81. The highest BCUT2D eigenvalue weighted by Gasteiger charge is 2.20. The molecule has 120 valence electrons. The fourth-order valence-electron chi connectivity index (χ4n) is 2.99. The molecule has 1 aromatic rings. The number of carbonyl (C=O) groups is 1. The Kier molecular flexibility index (Phi) is 4.80. The van der Waals surface area contributed by atoms with E-state index in [4.69, 9.17) is 9.84 Å². The Labute approximate surface area is 130 Å². The van der Waals surface area contributed by atoms with Gasteiger partial charge in [0, 0.05) is 51.5 Å². The van der Waals surface area contributed by atoms with Gasteiger partial charge in [0.2, 0.25) is 0 Å². The molecule has 0 saturated carbocycles. The van der Waals surface area contributed by atoms with Crippen LogP contribution in [0.4, 0.5) is 10.5 Å². The monoisotopic (exact) mass is 305 g/mol. The zero-order valence-electron chi connectivity index (χ0n) is 12.8. The Morgan fingerprint density at radius 2 is 1.64 bits per heavy atom. The third-order valence-corrected chi connectivity index (χ3v) is 4.36. The molecular formula is C16H23N3O3. The first-order valence-corrected chi connectivity index (χ1v) is 7.84. The van der Waals surface area contributed by atoms with Crippen molar-refractivity contribution < 1.29 is 14.6 Å². The average molecular weight is 305 g/mol. The molecule has 1 aromatic carbocycles. The Balaban J connectivity index is 1.52. The summed E-state index contributed by atoms with van der Waals surface area (Å²) in [5.41, 5.74) is 2.53. The van der Waals surface area contributed by atoms with Crippen molar-refractivity contribution in [3.63, 3.8) is 0 Å². The smallest absolute Gasteiger partial charge is 0.407 e. The second-order valence-electron chi connectivity index (χ2n) is 5.81. The van der Waals surface area contributed by atoms with Gasteiger partial charge in [-0.1, -0.05) is 12.1 Å². The van der Waals surface area contributed by atoms with Crippen molar-refractivity contribution in [1.82, 2.24) is 9.80 Å². The van der Waals surface area contributed by atoms with Gasteiger partial charge < -0.3 is 19.6 Å². The van der Waals surface area contributed by atoms with Crippen LogP contribution >= 0.6 is 0 Å². The van der Waals surface area contributed by atoms with E-state index in [0.717, 1.165) is 45.9 Å². The first-order chi connectivity index (χ1) is 10.7. The summed E-state index contributed by atoms with van der Waals surface area (Å²) in [6.45, 7) is 7.20. The average Bonchev–Trinajstić information content (AvgIpc) is 2.57. The summed E-state index contributed by atoms with van der Waals surface area (Å²) in [4.78, 5) is 17.0. The molecular weight excluding hydrogens is 282 g/mol. The minimum absolute atomic E-state index is 0.598. The molecule has 2 saturated heterocycles. The van der Waals surface area contributed by atoms with Crippen molar-refractivity contribution in [2.45, 2.75) is 6.54 Å². The minimum Gasteiger partial charge on any atom is -0.465 e. The molecule has 0 unspecified atom stereocenters. The molecule has 1 N–H and O–H groups in total. The van der Waals surface area contributed by atoms with Gasteiger partial charge in [-0.25, -0.2) is 4.79 Å². The highest BCUT2D eigenvalue weighted by atomic mass is 16.5. The van der Waals surface area contributed by atoms with Crippen LogP contribution in [0.5, 0.6) is 0 Å². The lowest BCUT2D eigenvalue weighted by atomic mass is 10.1. The fourth-order valence-corrected chi connectivity index (χ4v) is 2.99. The largest absolute Gasteiger partial charge is 0.465 e. The van der Waals surface area contributed by atoms with E-state index in [0.29, 0.717) is 13.1 Å². The van der Waals surface area contributed by atoms with Crippen molar-refractivity contribution in [2.24, 2.45) is 0 Å². The van der Waals surface area contributed by atoms with Gasteiger partial charge in [-0.2, -0.15) is 0 Å². The molecule has 0 aromatic heterocycles. The summed E-state index contributed by atoms with van der Waals surface area (Å²) in [6.07, 6.45) is -0.811. The summed E-state index contributed by atoms with van der Waals surface area (Å²) >= 11 is 0. The molecule has 6 nitrogen and oxygen atoms in total. The lowest BCUT2D eigenvalue weighted by Crippen LogP contribution is -2.47. The number of hydrogen-bond donors (Lipinski definition) is 1. The van der Waals surface area contributed by atoms with Gasteiger partial charge >= 0.3 is 6.09 Å². The van der Waals surface area contributed by atoms with E-state index in [1.807, 2.05) is 0 Å². The molecule has 0 bridgehead atoms. The highest BCUT2D eigenvalue weighted by Crippen LogP contribution is 2.18. The van der Waals surface area contributed by atoms with Crippen LogP contribution < -0.4 is 4.90 Å². The molecule has 2 aliphatic heterocycles. The third kappa shape index (κ3) is 3.69. The summed E-state index contributed by atoms with van der Waals surface area (Å²) in [6, 6.07) is 8.70. The van der Waals surface area contributed by atoms with Crippen molar-refractivity contribution in [3.05, 3.63) is 29.8 Å². The van der Waals surface area contributed by atoms with E-state index >= 15 is 0 Å². The summed E-state index contributed by atoms with van der Waals surface area (Å²) in [7, 11) is 0. The zero-order valence-corrected chi connectivity index (χ0v) is 12.8. The minimum atomic E-state index is -0.811. The number of nitrogens with zero attached hydrogens (tertiary/aromatic N) is 3. The van der Waals surface area contributed by atoms with E-state index in [1.165, 1.54) is 16.2 Å². The van der Waals surface area contributed by atoms with E-state index in [2.05, 4.69) is 34.1 Å². The first-order valence-electron chi connectivity index (χ1n) is 7.84. The first kappa shape index (κ1) is 15.1. The number of anilines is 1. The number of morpholine rings is 1. The van der Waals surface area contributed by atoms with Gasteiger partial charge in [0.25, 0.3) is 0 Å². The van der Waals surface area contributed by atoms with Crippen LogP contribution in [0.25, 0.3) is 0 Å². The molecule has 0 aliphatic carbocycles. The maximum atomic E-state index is 10.9. The molecule has 22 heavy (non-hydrogen) atoms. The highest BCUT2D eigenvalue weighted by molar-refractivity contribution is 5.65. The van der Waals surface area contributed by atoms with Crippen LogP contribution in [-0.4, -0.2) is 73.5 Å². The van der Waals surface area contributed by atoms with E-state index < -0.39 is 6.09 Å². The SMILES string of the molecule is O=C(O)N1CCN(Cc2ccc(N3CCOCC3)cc2)CC1. The van der Waals surface area contributed by atoms with E-state index in [1.54, 1.807) is 0 Å². The summed E-state index contributed by atoms with van der Waals surface area (Å²) in [5, 5.41) is 8.96. The Morgan fingerprint density at radius 3 is 2.23 bits per heavy atom. The normalized spacial score (nSPS) is 20.2. The Hall–Kier alpha value is -1.79. The van der Waals surface area contributed by atoms with Crippen molar-refractivity contribution in [1.29, 1.82) is 0 Å². The van der Waals surface area contributed by atoms with Crippen molar-refractivity contribution in [3.8, 4) is 0 Å². The number of amides is 1. The third-order valence-electron chi connectivity index (χ3n) is 4.36. The van der Waals surface area contributed by atoms with Crippen LogP contribution in [0.3, 0.4) is 0 Å². The quantitative estimate of drug-likeness (QED) is 0.913. The molecule has 2 aliphatic rings. The summed E-state index contributed by atoms with van der Waals surface area (Å²) in [5.74, 6) is 0. The maximum absolute atomic E-state index is 10.9. The molecule has 6 heteroatoms. The van der Waals surface area contributed by atoms with Crippen LogP contribution in [0.15, 0.2) is 24.3 Å². The number of rotatable bonds is 3. The van der Waals surface area contributed by atoms with Gasteiger partial charge in [0.15, 0.2) is 0 Å². The lowest BCUT2D eigenvalue weighted by Gasteiger charge is -2.33. The summed E-state index contributed by atoms with van der Waals surface area (Å²) < 4.78 is 5.38. The predicted octanol–water partition coefficient (Wildman–Crippen LogP) is 1.32. The molecule has 2 heterocycles. The van der Waals surface area contributed by atoms with Crippen LogP contribution in [0.1, 0.15) is 5.56 Å². The number of piperazine rings is 1. The second kappa shape index (κ2) is 6.98.